The number of benzene rings is 4. The van der Waals surface area contributed by atoms with Gasteiger partial charge in [0.05, 0.1) is 22.9 Å². The van der Waals surface area contributed by atoms with Gasteiger partial charge in [0.1, 0.15) is 17.3 Å². The van der Waals surface area contributed by atoms with Gasteiger partial charge in [0.25, 0.3) is 0 Å². The Bertz CT molecular complexity index is 2370. The van der Waals surface area contributed by atoms with Gasteiger partial charge in [0.15, 0.2) is 0 Å². The minimum atomic E-state index is 0.408. The van der Waals surface area contributed by atoms with E-state index >= 15 is 0 Å². The third-order valence-electron chi connectivity index (χ3n) is 11.4. The lowest BCUT2D eigenvalue weighted by atomic mass is 9.76. The van der Waals surface area contributed by atoms with Crippen molar-refractivity contribution in [2.75, 3.05) is 0 Å². The van der Waals surface area contributed by atoms with Gasteiger partial charge in [-0.25, -0.2) is 9.67 Å². The second kappa shape index (κ2) is 15.1. The van der Waals surface area contributed by atoms with Crippen LogP contribution in [0.1, 0.15) is 118 Å². The van der Waals surface area contributed by atoms with Crippen LogP contribution in [0.4, 0.5) is 0 Å². The van der Waals surface area contributed by atoms with Crippen molar-refractivity contribution < 1.29 is 4.74 Å². The van der Waals surface area contributed by atoms with Crippen LogP contribution in [-0.4, -0.2) is 19.3 Å². The first-order valence-corrected chi connectivity index (χ1v) is 19.6. The van der Waals surface area contributed by atoms with Crippen LogP contribution in [0.25, 0.3) is 44.4 Å². The Morgan fingerprint density at radius 2 is 1.36 bits per heavy atom. The molecule has 0 saturated heterocycles. The normalized spacial score (nSPS) is 12.9. The molecule has 0 fully saturated rings. The molecule has 0 spiro atoms. The van der Waals surface area contributed by atoms with Crippen LogP contribution in [0.15, 0.2) is 97.5 Å². The Balaban J connectivity index is 1.27. The average molecular weight is 703 g/mol. The quantitative estimate of drug-likeness (QED) is 0.127. The molecule has 7 rings (SSSR count). The van der Waals surface area contributed by atoms with E-state index in [9.17, 15) is 0 Å². The molecule has 0 N–H and O–H groups in total. The summed E-state index contributed by atoms with van der Waals surface area (Å²) in [5.74, 6) is 3.79. The predicted molar refractivity (Wildman–Crippen MR) is 223 cm³/mol. The lowest BCUT2D eigenvalue weighted by molar-refractivity contribution is 0.483. The number of hydrogen-bond acceptors (Lipinski definition) is 3. The number of pyridine rings is 1. The molecular weight excluding hydrogens is 649 g/mol. The maximum absolute atomic E-state index is 6.61. The van der Waals surface area contributed by atoms with Gasteiger partial charge in [-0.05, 0) is 133 Å². The van der Waals surface area contributed by atoms with Gasteiger partial charge in [0, 0.05) is 40.9 Å². The molecule has 3 aromatic heterocycles. The van der Waals surface area contributed by atoms with Gasteiger partial charge in [-0.2, -0.15) is 5.10 Å². The highest BCUT2D eigenvalue weighted by Crippen LogP contribution is 2.44. The third-order valence-corrected chi connectivity index (χ3v) is 11.4. The van der Waals surface area contributed by atoms with E-state index in [4.69, 9.17) is 14.8 Å². The molecule has 5 nitrogen and oxygen atoms in total. The molecule has 272 valence electrons. The van der Waals surface area contributed by atoms with Crippen molar-refractivity contribution in [3.63, 3.8) is 0 Å². The summed E-state index contributed by atoms with van der Waals surface area (Å²) < 4.78 is 10.9. The van der Waals surface area contributed by atoms with E-state index in [1.54, 1.807) is 0 Å². The summed E-state index contributed by atoms with van der Waals surface area (Å²) >= 11 is 0. The monoisotopic (exact) mass is 702 g/mol. The Labute approximate surface area is 315 Å². The summed E-state index contributed by atoms with van der Waals surface area (Å²) in [7, 11) is 0. The van der Waals surface area contributed by atoms with E-state index in [0.29, 0.717) is 17.8 Å². The van der Waals surface area contributed by atoms with Gasteiger partial charge in [-0.3, -0.25) is 4.57 Å². The minimum Gasteiger partial charge on any atom is -0.457 e. The standard InChI is InChI=1S/C48H54N4O/c1-10-15-31(5)46-34(8)33(7)35(9)47(32(6)16-11-2)48(46)37-28-50-51(29-37)38-17-14-18-39(26-38)53-40-21-22-42-41-19-12-13-20-43(41)52(44(42)27-40)45-25-36(30(3)4)23-24-49-45/h12-14,17-32H,10-11,15-16H2,1-9H3. The number of rotatable bonds is 12. The van der Waals surface area contributed by atoms with Crippen LogP contribution in [0.5, 0.6) is 11.5 Å². The zero-order valence-electron chi connectivity index (χ0n) is 33.0. The molecular formula is C48H54N4O. The van der Waals surface area contributed by atoms with Gasteiger partial charge in [-0.1, -0.05) is 78.6 Å². The first kappa shape index (κ1) is 36.2. The first-order chi connectivity index (χ1) is 25.6. The van der Waals surface area contributed by atoms with Crippen molar-refractivity contribution in [2.45, 2.75) is 106 Å². The van der Waals surface area contributed by atoms with E-state index < -0.39 is 0 Å². The fraction of sp³-hybridized carbons (Fsp3) is 0.333. The maximum Gasteiger partial charge on any atom is 0.137 e. The van der Waals surface area contributed by atoms with Gasteiger partial charge in [-0.15, -0.1) is 0 Å². The van der Waals surface area contributed by atoms with Gasteiger partial charge >= 0.3 is 0 Å². The van der Waals surface area contributed by atoms with Crippen LogP contribution >= 0.6 is 0 Å². The Kier molecular flexibility index (Phi) is 10.3. The summed E-state index contributed by atoms with van der Waals surface area (Å²) in [6.45, 7) is 20.8. The minimum absolute atomic E-state index is 0.408. The zero-order chi connectivity index (χ0) is 37.4. The summed E-state index contributed by atoms with van der Waals surface area (Å²) in [6, 6.07) is 27.5. The largest absolute Gasteiger partial charge is 0.457 e. The van der Waals surface area contributed by atoms with Crippen molar-refractivity contribution in [1.29, 1.82) is 0 Å². The molecule has 0 aliphatic carbocycles. The van der Waals surface area contributed by atoms with Crippen molar-refractivity contribution in [3.8, 4) is 34.1 Å². The lowest BCUT2D eigenvalue weighted by Crippen LogP contribution is -2.10. The molecule has 3 heterocycles. The van der Waals surface area contributed by atoms with E-state index in [1.807, 2.05) is 23.0 Å². The molecule has 0 bridgehead atoms. The second-order valence-corrected chi connectivity index (χ2v) is 15.4. The molecule has 0 radical (unpaired) electrons. The van der Waals surface area contributed by atoms with E-state index in [0.717, 1.165) is 46.9 Å². The van der Waals surface area contributed by atoms with Gasteiger partial charge < -0.3 is 4.74 Å². The number of fused-ring (bicyclic) bond motifs is 3. The zero-order valence-corrected chi connectivity index (χ0v) is 33.0. The number of para-hydroxylation sites is 1. The molecule has 2 atom stereocenters. The number of ether oxygens (including phenoxy) is 1. The Morgan fingerprint density at radius 3 is 2.06 bits per heavy atom. The topological polar surface area (TPSA) is 44.9 Å². The SMILES string of the molecule is CCCC(C)c1c(C)c(C)c(C)c(C(C)CCC)c1-c1cnn(-c2cccc(Oc3ccc4c5ccccc5n(-c5cc(C(C)C)ccn5)c4c3)c2)c1. The van der Waals surface area contributed by atoms with Crippen molar-refractivity contribution in [2.24, 2.45) is 0 Å². The third kappa shape index (κ3) is 6.78. The molecule has 2 unspecified atom stereocenters. The number of nitrogens with zero attached hydrogens (tertiary/aromatic N) is 4. The summed E-state index contributed by atoms with van der Waals surface area (Å²) in [5, 5.41) is 7.33. The molecule has 53 heavy (non-hydrogen) atoms. The van der Waals surface area contributed by atoms with Crippen molar-refractivity contribution in [1.82, 2.24) is 19.3 Å². The Morgan fingerprint density at radius 1 is 0.679 bits per heavy atom. The molecule has 0 aliphatic rings. The molecule has 0 amide bonds. The summed E-state index contributed by atoms with van der Waals surface area (Å²) in [6.07, 6.45) is 10.9. The van der Waals surface area contributed by atoms with E-state index in [-0.39, 0.29) is 0 Å². The highest BCUT2D eigenvalue weighted by atomic mass is 16.5. The predicted octanol–water partition coefficient (Wildman–Crippen LogP) is 13.7. The maximum atomic E-state index is 6.61. The summed E-state index contributed by atoms with van der Waals surface area (Å²) in [4.78, 5) is 4.82. The molecule has 0 aliphatic heterocycles. The molecule has 4 aromatic carbocycles. The van der Waals surface area contributed by atoms with Crippen LogP contribution in [-0.2, 0) is 0 Å². The Hall–Kier alpha value is -5.16. The highest BCUT2D eigenvalue weighted by Gasteiger charge is 2.26. The average Bonchev–Trinajstić information content (AvgIpc) is 3.77. The molecule has 0 saturated carbocycles. The molecule has 7 aromatic rings. The van der Waals surface area contributed by atoms with E-state index in [1.165, 1.54) is 68.1 Å². The van der Waals surface area contributed by atoms with Crippen molar-refractivity contribution >= 4 is 21.8 Å². The summed E-state index contributed by atoms with van der Waals surface area (Å²) in [5.41, 5.74) is 14.3. The van der Waals surface area contributed by atoms with Crippen LogP contribution < -0.4 is 4.74 Å². The van der Waals surface area contributed by atoms with Crippen LogP contribution in [0.2, 0.25) is 0 Å². The van der Waals surface area contributed by atoms with Crippen LogP contribution in [0, 0.1) is 20.8 Å². The number of hydrogen-bond donors (Lipinski definition) is 0. The lowest BCUT2D eigenvalue weighted by Gasteiger charge is -2.28. The molecule has 5 heteroatoms. The second-order valence-electron chi connectivity index (χ2n) is 15.4. The van der Waals surface area contributed by atoms with Gasteiger partial charge in [0.2, 0.25) is 0 Å². The fourth-order valence-electron chi connectivity index (χ4n) is 8.50. The first-order valence-electron chi connectivity index (χ1n) is 19.6. The van der Waals surface area contributed by atoms with E-state index in [2.05, 4.69) is 146 Å². The highest BCUT2D eigenvalue weighted by molar-refractivity contribution is 6.09. The smallest absolute Gasteiger partial charge is 0.137 e. The number of aromatic nitrogens is 4. The van der Waals surface area contributed by atoms with Crippen molar-refractivity contribution in [3.05, 3.63) is 131 Å². The van der Waals surface area contributed by atoms with Crippen LogP contribution in [0.3, 0.4) is 0 Å². The fourth-order valence-corrected chi connectivity index (χ4v) is 8.50.